The van der Waals surface area contributed by atoms with E-state index in [0.29, 0.717) is 34.1 Å². The van der Waals surface area contributed by atoms with Crippen molar-refractivity contribution in [1.29, 1.82) is 0 Å². The SMILES string of the molecule is Cc1ncc2c(-c3nnc4c(n3)NC(=O)C4(C)C)nn(Cc3cccc(F)c3F)c2n1. The summed E-state index contributed by atoms with van der Waals surface area (Å²) in [6.45, 7) is 5.12. The van der Waals surface area contributed by atoms with E-state index in [4.69, 9.17) is 0 Å². The van der Waals surface area contributed by atoms with Crippen molar-refractivity contribution in [3.8, 4) is 11.5 Å². The predicted octanol–water partition coefficient (Wildman–Crippen LogP) is 2.54. The molecule has 0 unspecified atom stereocenters. The van der Waals surface area contributed by atoms with Crippen molar-refractivity contribution in [2.45, 2.75) is 32.7 Å². The fourth-order valence-corrected chi connectivity index (χ4v) is 3.46. The molecular weight excluding hydrogens is 406 g/mol. The number of carbonyl (C=O) groups is 1. The fraction of sp³-hybridized carbons (Fsp3) is 0.250. The lowest BCUT2D eigenvalue weighted by Gasteiger charge is -2.11. The highest BCUT2D eigenvalue weighted by Crippen LogP contribution is 2.35. The number of aryl methyl sites for hydroxylation is 1. The van der Waals surface area contributed by atoms with Crippen LogP contribution in [0.3, 0.4) is 0 Å². The highest BCUT2D eigenvalue weighted by molar-refractivity contribution is 6.04. The Labute approximate surface area is 174 Å². The van der Waals surface area contributed by atoms with Gasteiger partial charge in [-0.15, -0.1) is 10.2 Å². The van der Waals surface area contributed by atoms with Crippen LogP contribution in [0, 0.1) is 18.6 Å². The molecule has 1 amide bonds. The monoisotopic (exact) mass is 422 g/mol. The van der Waals surface area contributed by atoms with Gasteiger partial charge in [0, 0.05) is 11.8 Å². The molecule has 1 aliphatic heterocycles. The van der Waals surface area contributed by atoms with E-state index in [1.807, 2.05) is 0 Å². The van der Waals surface area contributed by atoms with Crippen LogP contribution < -0.4 is 5.32 Å². The van der Waals surface area contributed by atoms with Crippen molar-refractivity contribution in [2.24, 2.45) is 0 Å². The highest BCUT2D eigenvalue weighted by Gasteiger charge is 2.42. The Bertz CT molecular complexity index is 1380. The molecule has 0 saturated carbocycles. The summed E-state index contributed by atoms with van der Waals surface area (Å²) in [6, 6.07) is 3.96. The van der Waals surface area contributed by atoms with Gasteiger partial charge in [-0.3, -0.25) is 4.79 Å². The van der Waals surface area contributed by atoms with E-state index in [1.54, 1.807) is 27.0 Å². The third kappa shape index (κ3) is 2.92. The van der Waals surface area contributed by atoms with Gasteiger partial charge in [-0.05, 0) is 26.8 Å². The smallest absolute Gasteiger partial charge is 0.237 e. The zero-order valence-corrected chi connectivity index (χ0v) is 16.8. The van der Waals surface area contributed by atoms with Gasteiger partial charge >= 0.3 is 0 Å². The molecule has 0 aliphatic carbocycles. The van der Waals surface area contributed by atoms with Crippen LogP contribution in [0.1, 0.15) is 30.9 Å². The molecule has 9 nitrogen and oxygen atoms in total. The number of fused-ring (bicyclic) bond motifs is 2. The van der Waals surface area contributed by atoms with E-state index >= 15 is 0 Å². The lowest BCUT2D eigenvalue weighted by Crippen LogP contribution is -2.27. The third-order valence-electron chi connectivity index (χ3n) is 5.25. The Morgan fingerprint density at radius 2 is 1.97 bits per heavy atom. The number of hydrogen-bond acceptors (Lipinski definition) is 7. The van der Waals surface area contributed by atoms with Crippen molar-refractivity contribution < 1.29 is 13.6 Å². The minimum atomic E-state index is -0.945. The first-order valence-corrected chi connectivity index (χ1v) is 9.46. The summed E-state index contributed by atoms with van der Waals surface area (Å²) in [5, 5.41) is 16.1. The molecule has 0 bridgehead atoms. The second-order valence-electron chi connectivity index (χ2n) is 7.79. The van der Waals surface area contributed by atoms with Crippen molar-refractivity contribution >= 4 is 22.8 Å². The molecule has 1 N–H and O–H groups in total. The predicted molar refractivity (Wildman–Crippen MR) is 106 cm³/mol. The quantitative estimate of drug-likeness (QED) is 0.540. The summed E-state index contributed by atoms with van der Waals surface area (Å²) in [5.74, 6) is -1.15. The molecule has 4 heterocycles. The molecule has 4 aromatic rings. The number of benzene rings is 1. The van der Waals surface area contributed by atoms with E-state index in [2.05, 4.69) is 35.6 Å². The normalized spacial score (nSPS) is 14.7. The van der Waals surface area contributed by atoms with Gasteiger partial charge in [-0.1, -0.05) is 12.1 Å². The molecule has 11 heteroatoms. The number of anilines is 1. The van der Waals surface area contributed by atoms with Crippen molar-refractivity contribution in [3.63, 3.8) is 0 Å². The maximum absolute atomic E-state index is 14.2. The average molecular weight is 422 g/mol. The van der Waals surface area contributed by atoms with Crippen LogP contribution in [-0.2, 0) is 16.8 Å². The van der Waals surface area contributed by atoms with Gasteiger partial charge in [0.15, 0.2) is 23.1 Å². The van der Waals surface area contributed by atoms with Crippen molar-refractivity contribution in [2.75, 3.05) is 5.32 Å². The van der Waals surface area contributed by atoms with Crippen LogP contribution in [0.25, 0.3) is 22.6 Å². The Morgan fingerprint density at radius 3 is 2.77 bits per heavy atom. The number of nitrogens with zero attached hydrogens (tertiary/aromatic N) is 7. The highest BCUT2D eigenvalue weighted by atomic mass is 19.2. The Balaban J connectivity index is 1.65. The second kappa shape index (κ2) is 6.56. The van der Waals surface area contributed by atoms with E-state index in [9.17, 15) is 13.6 Å². The summed E-state index contributed by atoms with van der Waals surface area (Å²) < 4.78 is 29.3. The first kappa shape index (κ1) is 19.1. The van der Waals surface area contributed by atoms with Crippen molar-refractivity contribution in [1.82, 2.24) is 34.9 Å². The van der Waals surface area contributed by atoms with Gasteiger partial charge in [0.05, 0.1) is 17.3 Å². The van der Waals surface area contributed by atoms with Crippen LogP contribution in [0.2, 0.25) is 0 Å². The minimum Gasteiger partial charge on any atom is -0.308 e. The summed E-state index contributed by atoms with van der Waals surface area (Å²) in [5.41, 5.74) is 0.457. The topological polar surface area (TPSA) is 111 Å². The van der Waals surface area contributed by atoms with Gasteiger partial charge in [-0.25, -0.2) is 28.4 Å². The second-order valence-corrected chi connectivity index (χ2v) is 7.79. The number of aromatic nitrogens is 7. The van der Waals surface area contributed by atoms with E-state index < -0.39 is 17.0 Å². The first-order valence-electron chi connectivity index (χ1n) is 9.46. The van der Waals surface area contributed by atoms with Gasteiger partial charge in [0.2, 0.25) is 11.7 Å². The molecular formula is C20H16F2N8O. The van der Waals surface area contributed by atoms with E-state index in [1.165, 1.54) is 16.8 Å². The molecule has 0 saturated heterocycles. The summed E-state index contributed by atoms with van der Waals surface area (Å²) >= 11 is 0. The molecule has 1 aliphatic rings. The van der Waals surface area contributed by atoms with Gasteiger partial charge in [0.1, 0.15) is 17.2 Å². The average Bonchev–Trinajstić information content (AvgIpc) is 3.19. The Kier molecular flexibility index (Phi) is 4.04. The number of carbonyl (C=O) groups excluding carboxylic acids is 1. The molecule has 0 radical (unpaired) electrons. The molecule has 5 rings (SSSR count). The molecule has 1 aromatic carbocycles. The fourth-order valence-electron chi connectivity index (χ4n) is 3.46. The summed E-state index contributed by atoms with van der Waals surface area (Å²) in [4.78, 5) is 25.2. The number of hydrogen-bond donors (Lipinski definition) is 1. The van der Waals surface area contributed by atoms with Gasteiger partial charge in [-0.2, -0.15) is 5.10 Å². The van der Waals surface area contributed by atoms with Crippen LogP contribution in [-0.4, -0.2) is 40.8 Å². The summed E-state index contributed by atoms with van der Waals surface area (Å²) in [6.07, 6.45) is 1.57. The maximum Gasteiger partial charge on any atom is 0.237 e. The van der Waals surface area contributed by atoms with Crippen molar-refractivity contribution in [3.05, 3.63) is 53.1 Å². The summed E-state index contributed by atoms with van der Waals surface area (Å²) in [7, 11) is 0. The van der Waals surface area contributed by atoms with E-state index in [-0.39, 0.29) is 23.8 Å². The van der Waals surface area contributed by atoms with Crippen LogP contribution in [0.5, 0.6) is 0 Å². The molecule has 0 fully saturated rings. The minimum absolute atomic E-state index is 0.0569. The maximum atomic E-state index is 14.2. The lowest BCUT2D eigenvalue weighted by molar-refractivity contribution is -0.119. The van der Waals surface area contributed by atoms with Gasteiger partial charge in [0.25, 0.3) is 0 Å². The molecule has 0 spiro atoms. The van der Waals surface area contributed by atoms with Gasteiger partial charge < -0.3 is 5.32 Å². The molecule has 3 aromatic heterocycles. The lowest BCUT2D eigenvalue weighted by atomic mass is 9.91. The molecule has 156 valence electrons. The third-order valence-corrected chi connectivity index (χ3v) is 5.25. The molecule has 0 atom stereocenters. The molecule has 31 heavy (non-hydrogen) atoms. The first-order chi connectivity index (χ1) is 14.8. The Morgan fingerprint density at radius 1 is 1.16 bits per heavy atom. The van der Waals surface area contributed by atoms with Crippen LogP contribution in [0.4, 0.5) is 14.6 Å². The number of amides is 1. The van der Waals surface area contributed by atoms with Crippen LogP contribution in [0.15, 0.2) is 24.4 Å². The zero-order chi connectivity index (χ0) is 21.9. The number of halogens is 2. The largest absolute Gasteiger partial charge is 0.308 e. The standard InChI is InChI=1S/C20H16F2N8O/c1-9-23-7-11-14(16-25-17-15(27-28-16)20(2,3)19(31)26-17)29-30(18(11)24-9)8-10-5-4-6-12(21)13(10)22/h4-7H,8H2,1-3H3,(H,25,26,28,31). The van der Waals surface area contributed by atoms with E-state index in [0.717, 1.165) is 6.07 Å². The number of rotatable bonds is 3. The van der Waals surface area contributed by atoms with Crippen LogP contribution >= 0.6 is 0 Å². The zero-order valence-electron chi connectivity index (χ0n) is 16.8. The number of nitrogens with one attached hydrogen (secondary N) is 1. The Hall–Kier alpha value is -3.89.